The minimum atomic E-state index is -0.397. The van der Waals surface area contributed by atoms with Gasteiger partial charge in [-0.2, -0.15) is 0 Å². The van der Waals surface area contributed by atoms with Crippen LogP contribution in [0.4, 0.5) is 0 Å². The van der Waals surface area contributed by atoms with E-state index in [1.165, 1.54) is 0 Å². The zero-order valence-corrected chi connectivity index (χ0v) is 7.82. The highest BCUT2D eigenvalue weighted by molar-refractivity contribution is 5.77. The summed E-state index contributed by atoms with van der Waals surface area (Å²) in [4.78, 5) is 20.8. The molecule has 14 heavy (non-hydrogen) atoms. The van der Waals surface area contributed by atoms with Gasteiger partial charge in [0.1, 0.15) is 6.61 Å². The predicted molar refractivity (Wildman–Crippen MR) is 46.9 cm³/mol. The molecule has 0 aromatic rings. The summed E-state index contributed by atoms with van der Waals surface area (Å²) in [5, 5.41) is 0. The Hall–Kier alpha value is -1.14. The van der Waals surface area contributed by atoms with Gasteiger partial charge in [0.05, 0.1) is 0 Å². The second-order valence-electron chi connectivity index (χ2n) is 2.92. The first-order valence-electron chi connectivity index (χ1n) is 4.54. The van der Waals surface area contributed by atoms with Crippen LogP contribution in [-0.4, -0.2) is 31.8 Å². The van der Waals surface area contributed by atoms with Crippen molar-refractivity contribution in [2.75, 3.05) is 13.2 Å². The average Bonchev–Trinajstić information content (AvgIpc) is 2.25. The van der Waals surface area contributed by atoms with Gasteiger partial charge in [0.15, 0.2) is 6.29 Å². The molecule has 0 aliphatic carbocycles. The first-order chi connectivity index (χ1) is 6.83. The predicted octanol–water partition coefficient (Wildman–Crippen LogP) is -0.693. The van der Waals surface area contributed by atoms with Crippen LogP contribution in [-0.2, 0) is 19.1 Å². The zero-order valence-electron chi connectivity index (χ0n) is 7.82. The average molecular weight is 202 g/mol. The third-order valence-electron chi connectivity index (χ3n) is 1.81. The van der Waals surface area contributed by atoms with Crippen LogP contribution in [0.2, 0.25) is 0 Å². The molecule has 1 aliphatic heterocycles. The fraction of sp³-hybridized carbons (Fsp3) is 0.750. The number of hydrogen-bond acceptors (Lipinski definition) is 4. The van der Waals surface area contributed by atoms with E-state index in [2.05, 4.69) is 5.43 Å². The highest BCUT2D eigenvalue weighted by Crippen LogP contribution is 2.13. The van der Waals surface area contributed by atoms with E-state index in [0.29, 0.717) is 13.0 Å². The molecule has 1 rings (SSSR count). The molecule has 1 saturated heterocycles. The summed E-state index contributed by atoms with van der Waals surface area (Å²) in [5.74, 6) is -0.397. The van der Waals surface area contributed by atoms with Gasteiger partial charge >= 0.3 is 0 Å². The molecule has 2 N–H and O–H groups in total. The fourth-order valence-electron chi connectivity index (χ4n) is 1.16. The standard InChI is InChI=1S/C8H14N2O4/c11-6-9-10-7(12)5-14-8-3-1-2-4-13-8/h6,8H,1-5H2,(H,9,11)(H,10,12). The SMILES string of the molecule is O=CNNC(=O)COC1CCCCO1. The van der Waals surface area contributed by atoms with Crippen LogP contribution in [0.25, 0.3) is 0 Å². The largest absolute Gasteiger partial charge is 0.353 e. The number of ether oxygens (including phenoxy) is 2. The molecule has 6 nitrogen and oxygen atoms in total. The van der Waals surface area contributed by atoms with Gasteiger partial charge < -0.3 is 9.47 Å². The third-order valence-corrected chi connectivity index (χ3v) is 1.81. The van der Waals surface area contributed by atoms with E-state index in [0.717, 1.165) is 19.3 Å². The number of amides is 2. The quantitative estimate of drug-likeness (QED) is 0.457. The molecule has 0 aromatic heterocycles. The highest BCUT2D eigenvalue weighted by Gasteiger charge is 2.15. The molecule has 0 aromatic carbocycles. The van der Waals surface area contributed by atoms with Gasteiger partial charge in [0.25, 0.3) is 5.91 Å². The molecule has 2 amide bonds. The maximum atomic E-state index is 10.9. The van der Waals surface area contributed by atoms with Crippen molar-refractivity contribution < 1.29 is 19.1 Å². The maximum absolute atomic E-state index is 10.9. The van der Waals surface area contributed by atoms with E-state index in [-0.39, 0.29) is 12.9 Å². The Morgan fingerprint density at radius 3 is 3.07 bits per heavy atom. The molecule has 80 valence electrons. The summed E-state index contributed by atoms with van der Waals surface area (Å²) >= 11 is 0. The lowest BCUT2D eigenvalue weighted by Crippen LogP contribution is -2.39. The first-order valence-corrected chi connectivity index (χ1v) is 4.54. The Morgan fingerprint density at radius 2 is 2.43 bits per heavy atom. The lowest BCUT2D eigenvalue weighted by atomic mass is 10.2. The summed E-state index contributed by atoms with van der Waals surface area (Å²) in [6.07, 6.45) is 3.01. The molecule has 6 heteroatoms. The van der Waals surface area contributed by atoms with Crippen LogP contribution in [0.1, 0.15) is 19.3 Å². The minimum absolute atomic E-state index is 0.106. The lowest BCUT2D eigenvalue weighted by Gasteiger charge is -2.22. The monoisotopic (exact) mass is 202 g/mol. The van der Waals surface area contributed by atoms with Crippen molar-refractivity contribution >= 4 is 12.3 Å². The van der Waals surface area contributed by atoms with E-state index in [9.17, 15) is 9.59 Å². The molecular formula is C8H14N2O4. The van der Waals surface area contributed by atoms with Crippen LogP contribution < -0.4 is 10.9 Å². The second kappa shape index (κ2) is 6.33. The maximum Gasteiger partial charge on any atom is 0.264 e. The molecule has 0 bridgehead atoms. The molecule has 1 fully saturated rings. The second-order valence-corrected chi connectivity index (χ2v) is 2.92. The molecule has 0 spiro atoms. The smallest absolute Gasteiger partial charge is 0.264 e. The number of hydrazine groups is 1. The molecule has 0 radical (unpaired) electrons. The number of hydrogen-bond donors (Lipinski definition) is 2. The Morgan fingerprint density at radius 1 is 1.57 bits per heavy atom. The Labute approximate surface area is 81.9 Å². The lowest BCUT2D eigenvalue weighted by molar-refractivity contribution is -0.170. The summed E-state index contributed by atoms with van der Waals surface area (Å²) < 4.78 is 10.4. The van der Waals surface area contributed by atoms with Crippen molar-refractivity contribution in [3.8, 4) is 0 Å². The first kappa shape index (κ1) is 10.9. The van der Waals surface area contributed by atoms with Crippen molar-refractivity contribution in [2.24, 2.45) is 0 Å². The van der Waals surface area contributed by atoms with Crippen LogP contribution in [0.15, 0.2) is 0 Å². The van der Waals surface area contributed by atoms with Gasteiger partial charge in [-0.05, 0) is 19.3 Å². The number of rotatable bonds is 5. The topological polar surface area (TPSA) is 76.7 Å². The van der Waals surface area contributed by atoms with E-state index in [1.807, 2.05) is 5.43 Å². The van der Waals surface area contributed by atoms with Crippen LogP contribution in [0, 0.1) is 0 Å². The Bertz CT molecular complexity index is 192. The minimum Gasteiger partial charge on any atom is -0.353 e. The van der Waals surface area contributed by atoms with E-state index in [4.69, 9.17) is 9.47 Å². The van der Waals surface area contributed by atoms with Crippen molar-refractivity contribution in [3.63, 3.8) is 0 Å². The highest BCUT2D eigenvalue weighted by atomic mass is 16.7. The number of nitrogens with one attached hydrogen (secondary N) is 2. The molecule has 1 heterocycles. The van der Waals surface area contributed by atoms with Gasteiger partial charge in [-0.25, -0.2) is 0 Å². The number of carbonyl (C=O) groups excluding carboxylic acids is 2. The fourth-order valence-corrected chi connectivity index (χ4v) is 1.16. The zero-order chi connectivity index (χ0) is 10.2. The van der Waals surface area contributed by atoms with Gasteiger partial charge in [0, 0.05) is 6.61 Å². The molecular weight excluding hydrogens is 188 g/mol. The van der Waals surface area contributed by atoms with Crippen molar-refractivity contribution in [2.45, 2.75) is 25.6 Å². The van der Waals surface area contributed by atoms with Gasteiger partial charge in [-0.15, -0.1) is 0 Å². The van der Waals surface area contributed by atoms with Crippen molar-refractivity contribution in [1.82, 2.24) is 10.9 Å². The van der Waals surface area contributed by atoms with Crippen molar-refractivity contribution in [1.29, 1.82) is 0 Å². The normalized spacial score (nSPS) is 21.3. The van der Waals surface area contributed by atoms with Crippen molar-refractivity contribution in [3.05, 3.63) is 0 Å². The summed E-state index contributed by atoms with van der Waals surface area (Å²) in [7, 11) is 0. The molecule has 1 unspecified atom stereocenters. The Kier molecular flexibility index (Phi) is 4.95. The third kappa shape index (κ3) is 4.20. The van der Waals surface area contributed by atoms with E-state index in [1.54, 1.807) is 0 Å². The summed E-state index contributed by atoms with van der Waals surface area (Å²) in [6, 6.07) is 0. The molecule has 1 aliphatic rings. The Balaban J connectivity index is 2.06. The van der Waals surface area contributed by atoms with Crippen LogP contribution >= 0.6 is 0 Å². The van der Waals surface area contributed by atoms with E-state index < -0.39 is 5.91 Å². The van der Waals surface area contributed by atoms with Crippen LogP contribution in [0.5, 0.6) is 0 Å². The van der Waals surface area contributed by atoms with Gasteiger partial charge in [-0.1, -0.05) is 0 Å². The number of carbonyl (C=O) groups is 2. The van der Waals surface area contributed by atoms with Crippen LogP contribution in [0.3, 0.4) is 0 Å². The van der Waals surface area contributed by atoms with Gasteiger partial charge in [-0.3, -0.25) is 20.4 Å². The molecule has 1 atom stereocenters. The summed E-state index contributed by atoms with van der Waals surface area (Å²) in [6.45, 7) is 0.574. The molecule has 0 saturated carbocycles. The summed E-state index contributed by atoms with van der Waals surface area (Å²) in [5.41, 5.74) is 4.17. The van der Waals surface area contributed by atoms with E-state index >= 15 is 0 Å². The van der Waals surface area contributed by atoms with Gasteiger partial charge in [0.2, 0.25) is 6.41 Å².